The van der Waals surface area contributed by atoms with Crippen LogP contribution >= 0.6 is 11.3 Å². The first-order chi connectivity index (χ1) is 8.16. The Bertz CT molecular complexity index is 554. The molecule has 2 aromatic rings. The Labute approximate surface area is 100.0 Å². The van der Waals surface area contributed by atoms with Gasteiger partial charge in [-0.1, -0.05) is 0 Å². The van der Waals surface area contributed by atoms with Gasteiger partial charge in [0.1, 0.15) is 4.88 Å². The van der Waals surface area contributed by atoms with Crippen LogP contribution in [0.1, 0.15) is 20.0 Å². The number of aromatic nitrogens is 2. The highest BCUT2D eigenvalue weighted by Gasteiger charge is 2.09. The van der Waals surface area contributed by atoms with Gasteiger partial charge in [-0.15, -0.1) is 11.3 Å². The number of aromatic carboxylic acids is 1. The van der Waals surface area contributed by atoms with Crippen LogP contribution in [0, 0.1) is 0 Å². The summed E-state index contributed by atoms with van der Waals surface area (Å²) in [5, 5.41) is 11.3. The molecule has 2 N–H and O–H groups in total. The van der Waals surface area contributed by atoms with E-state index in [4.69, 9.17) is 5.11 Å². The Morgan fingerprint density at radius 1 is 1.24 bits per heavy atom. The van der Waals surface area contributed by atoms with Gasteiger partial charge in [0.2, 0.25) is 0 Å². The van der Waals surface area contributed by atoms with Crippen molar-refractivity contribution in [1.82, 2.24) is 9.97 Å². The number of rotatable bonds is 3. The van der Waals surface area contributed by atoms with Crippen LogP contribution in [0.5, 0.6) is 0 Å². The molecule has 0 bridgehead atoms. The van der Waals surface area contributed by atoms with E-state index in [0.29, 0.717) is 10.6 Å². The van der Waals surface area contributed by atoms with Gasteiger partial charge >= 0.3 is 5.97 Å². The van der Waals surface area contributed by atoms with Gasteiger partial charge in [0, 0.05) is 6.20 Å². The first-order valence-electron chi connectivity index (χ1n) is 4.55. The fraction of sp³-hybridized carbons (Fsp3) is 0. The number of carboxylic acids is 1. The summed E-state index contributed by atoms with van der Waals surface area (Å²) in [6.45, 7) is 0. The molecule has 2 rings (SSSR count). The third-order valence-corrected chi connectivity index (χ3v) is 2.67. The van der Waals surface area contributed by atoms with E-state index in [-0.39, 0.29) is 11.5 Å². The summed E-state index contributed by atoms with van der Waals surface area (Å²) >= 11 is 1.20. The summed E-state index contributed by atoms with van der Waals surface area (Å²) in [7, 11) is 0. The first-order valence-corrected chi connectivity index (χ1v) is 5.43. The van der Waals surface area contributed by atoms with Gasteiger partial charge in [-0.25, -0.2) is 4.79 Å². The maximum atomic E-state index is 11.6. The van der Waals surface area contributed by atoms with Crippen LogP contribution in [0.15, 0.2) is 30.2 Å². The fourth-order valence-electron chi connectivity index (χ4n) is 1.15. The molecule has 2 heterocycles. The van der Waals surface area contributed by atoms with Crippen molar-refractivity contribution in [3.63, 3.8) is 0 Å². The van der Waals surface area contributed by atoms with Crippen molar-refractivity contribution in [2.45, 2.75) is 0 Å². The van der Waals surface area contributed by atoms with Crippen LogP contribution in [0.3, 0.4) is 0 Å². The predicted molar refractivity (Wildman–Crippen MR) is 61.3 cm³/mol. The zero-order valence-electron chi connectivity index (χ0n) is 8.45. The van der Waals surface area contributed by atoms with Crippen LogP contribution in [0.25, 0.3) is 0 Å². The molecule has 17 heavy (non-hydrogen) atoms. The third-order valence-electron chi connectivity index (χ3n) is 1.90. The van der Waals surface area contributed by atoms with Crippen molar-refractivity contribution >= 4 is 28.9 Å². The van der Waals surface area contributed by atoms with Crippen molar-refractivity contribution in [3.05, 3.63) is 40.6 Å². The van der Waals surface area contributed by atoms with E-state index >= 15 is 0 Å². The van der Waals surface area contributed by atoms with Crippen molar-refractivity contribution in [2.75, 3.05) is 5.32 Å². The number of nitrogens with one attached hydrogen (secondary N) is 1. The number of amides is 1. The summed E-state index contributed by atoms with van der Waals surface area (Å²) in [6.07, 6.45) is 4.03. The molecule has 86 valence electrons. The Balaban J connectivity index is 2.16. The first kappa shape index (κ1) is 11.2. The molecule has 0 atom stereocenters. The zero-order chi connectivity index (χ0) is 12.3. The van der Waals surface area contributed by atoms with Crippen LogP contribution in [-0.2, 0) is 0 Å². The van der Waals surface area contributed by atoms with Crippen LogP contribution in [-0.4, -0.2) is 27.0 Å². The highest BCUT2D eigenvalue weighted by molar-refractivity contribution is 7.11. The number of nitrogens with zero attached hydrogens (tertiary/aromatic N) is 2. The van der Waals surface area contributed by atoms with Gasteiger partial charge in [0.25, 0.3) is 5.91 Å². The Morgan fingerprint density at radius 3 is 2.71 bits per heavy atom. The molecular formula is C10H7N3O3S. The lowest BCUT2D eigenvalue weighted by Gasteiger charge is -2.03. The molecule has 1 amide bonds. The third kappa shape index (κ3) is 2.64. The predicted octanol–water partition coefficient (Wildman–Crippen LogP) is 1.49. The monoisotopic (exact) mass is 249 g/mol. The van der Waals surface area contributed by atoms with Crippen LogP contribution < -0.4 is 5.32 Å². The average Bonchev–Trinajstić information content (AvgIpc) is 2.82. The summed E-state index contributed by atoms with van der Waals surface area (Å²) < 4.78 is 0. The fourth-order valence-corrected chi connectivity index (χ4v) is 1.66. The second kappa shape index (κ2) is 4.71. The topological polar surface area (TPSA) is 92.2 Å². The van der Waals surface area contributed by atoms with Crippen molar-refractivity contribution in [1.29, 1.82) is 0 Å². The van der Waals surface area contributed by atoms with Gasteiger partial charge in [-0.3, -0.25) is 14.8 Å². The summed E-state index contributed by atoms with van der Waals surface area (Å²) in [5.74, 6) is -1.43. The number of anilines is 1. The van der Waals surface area contributed by atoms with Crippen molar-refractivity contribution < 1.29 is 14.7 Å². The van der Waals surface area contributed by atoms with Crippen LogP contribution in [0.4, 0.5) is 5.69 Å². The minimum Gasteiger partial charge on any atom is -0.478 e. The summed E-state index contributed by atoms with van der Waals surface area (Å²) in [5.41, 5.74) is 1.90. The van der Waals surface area contributed by atoms with Gasteiger partial charge in [-0.2, -0.15) is 0 Å². The Morgan fingerprint density at radius 2 is 2.06 bits per heavy atom. The van der Waals surface area contributed by atoms with E-state index in [9.17, 15) is 9.59 Å². The lowest BCUT2D eigenvalue weighted by atomic mass is 10.2. The van der Waals surface area contributed by atoms with Crippen LogP contribution in [0.2, 0.25) is 0 Å². The molecule has 0 radical (unpaired) electrons. The number of hydrogen-bond acceptors (Lipinski definition) is 5. The molecule has 2 aromatic heterocycles. The van der Waals surface area contributed by atoms with E-state index < -0.39 is 5.97 Å². The van der Waals surface area contributed by atoms with Crippen molar-refractivity contribution in [2.24, 2.45) is 0 Å². The highest BCUT2D eigenvalue weighted by Crippen LogP contribution is 2.12. The largest absolute Gasteiger partial charge is 0.478 e. The quantitative estimate of drug-likeness (QED) is 0.859. The van der Waals surface area contributed by atoms with Gasteiger partial charge in [0.15, 0.2) is 0 Å². The van der Waals surface area contributed by atoms with E-state index in [1.807, 2.05) is 0 Å². The molecule has 0 spiro atoms. The standard InChI is InChI=1S/C10H7N3O3S/c14-9(8-4-12-5-17-8)13-7-1-6(10(15)16)2-11-3-7/h1-5H,(H,13,14)(H,15,16). The van der Waals surface area contributed by atoms with E-state index in [2.05, 4.69) is 15.3 Å². The SMILES string of the molecule is O=C(O)c1cncc(NC(=O)c2cncs2)c1. The molecule has 0 saturated heterocycles. The number of carboxylic acid groups (broad SMARTS) is 1. The highest BCUT2D eigenvalue weighted by atomic mass is 32.1. The minimum absolute atomic E-state index is 0.0205. The maximum absolute atomic E-state index is 11.6. The van der Waals surface area contributed by atoms with Gasteiger partial charge < -0.3 is 10.4 Å². The molecule has 0 unspecified atom stereocenters. The lowest BCUT2D eigenvalue weighted by molar-refractivity contribution is 0.0696. The number of hydrogen-bond donors (Lipinski definition) is 2. The molecule has 0 saturated carbocycles. The lowest BCUT2D eigenvalue weighted by Crippen LogP contribution is -2.11. The maximum Gasteiger partial charge on any atom is 0.337 e. The van der Waals surface area contributed by atoms with Gasteiger partial charge in [0.05, 0.1) is 29.2 Å². The number of carbonyl (C=O) groups excluding carboxylic acids is 1. The van der Waals surface area contributed by atoms with E-state index in [1.54, 1.807) is 5.51 Å². The summed E-state index contributed by atoms with van der Waals surface area (Å²) in [6, 6.07) is 1.34. The number of pyridine rings is 1. The van der Waals surface area contributed by atoms with E-state index in [0.717, 1.165) is 0 Å². The molecule has 0 aliphatic heterocycles. The Hall–Kier alpha value is -2.28. The molecule has 0 aliphatic carbocycles. The van der Waals surface area contributed by atoms with Gasteiger partial charge in [-0.05, 0) is 6.07 Å². The molecule has 0 aliphatic rings. The summed E-state index contributed by atoms with van der Waals surface area (Å²) in [4.78, 5) is 30.3. The number of thiazole rings is 1. The molecule has 7 heteroatoms. The average molecular weight is 249 g/mol. The molecule has 6 nitrogen and oxygen atoms in total. The Kier molecular flexibility index (Phi) is 3.10. The smallest absolute Gasteiger partial charge is 0.337 e. The number of carbonyl (C=O) groups is 2. The molecule has 0 aromatic carbocycles. The van der Waals surface area contributed by atoms with Crippen molar-refractivity contribution in [3.8, 4) is 0 Å². The second-order valence-electron chi connectivity index (χ2n) is 3.09. The minimum atomic E-state index is -1.09. The zero-order valence-corrected chi connectivity index (χ0v) is 9.27. The second-order valence-corrected chi connectivity index (χ2v) is 3.97. The molecule has 0 fully saturated rings. The van der Waals surface area contributed by atoms with E-state index in [1.165, 1.54) is 36.0 Å². The normalized spacial score (nSPS) is 9.88. The molecular weight excluding hydrogens is 242 g/mol.